The summed E-state index contributed by atoms with van der Waals surface area (Å²) in [5, 5.41) is 13.5. The molecule has 5 nitrogen and oxygen atoms in total. The van der Waals surface area contributed by atoms with Crippen LogP contribution >= 0.6 is 11.3 Å². The molecule has 6 heteroatoms. The predicted molar refractivity (Wildman–Crippen MR) is 137 cm³/mol. The van der Waals surface area contributed by atoms with E-state index in [1.165, 1.54) is 16.2 Å². The first-order valence-corrected chi connectivity index (χ1v) is 12.1. The lowest BCUT2D eigenvalue weighted by Gasteiger charge is -2.25. The molecule has 0 bridgehead atoms. The van der Waals surface area contributed by atoms with Crippen LogP contribution in [0.25, 0.3) is 5.76 Å². The van der Waals surface area contributed by atoms with Crippen molar-refractivity contribution in [1.82, 2.24) is 0 Å². The molecule has 2 heterocycles. The van der Waals surface area contributed by atoms with E-state index >= 15 is 0 Å². The van der Waals surface area contributed by atoms with E-state index in [1.54, 1.807) is 7.11 Å². The molecule has 1 fully saturated rings. The highest BCUT2D eigenvalue weighted by atomic mass is 32.1. The van der Waals surface area contributed by atoms with Gasteiger partial charge in [0.15, 0.2) is 0 Å². The molecular weight excluding hydrogens is 446 g/mol. The van der Waals surface area contributed by atoms with Crippen LogP contribution in [0, 0.1) is 20.8 Å². The zero-order valence-electron chi connectivity index (χ0n) is 20.3. The molecule has 3 aromatic rings. The Morgan fingerprint density at radius 3 is 2.38 bits per heavy atom. The van der Waals surface area contributed by atoms with Crippen molar-refractivity contribution in [1.29, 1.82) is 0 Å². The number of anilines is 1. The minimum absolute atomic E-state index is 0.111. The number of methoxy groups -OCH3 is 1. The second-order valence-electron chi connectivity index (χ2n) is 9.04. The Bertz CT molecular complexity index is 1320. The molecule has 1 atom stereocenters. The topological polar surface area (TPSA) is 66.8 Å². The molecule has 2 aromatic carbocycles. The molecule has 0 aliphatic carbocycles. The summed E-state index contributed by atoms with van der Waals surface area (Å²) < 4.78 is 5.54. The number of aliphatic hydroxyl groups excluding tert-OH is 1. The average Bonchev–Trinajstić information content (AvgIpc) is 3.33. The number of rotatable bonds is 5. The fraction of sp³-hybridized carbons (Fsp3) is 0.286. The molecule has 1 amide bonds. The van der Waals surface area contributed by atoms with Crippen LogP contribution in [0.4, 0.5) is 5.69 Å². The Labute approximate surface area is 204 Å². The van der Waals surface area contributed by atoms with E-state index in [9.17, 15) is 14.7 Å². The Morgan fingerprint density at radius 1 is 1.06 bits per heavy atom. The van der Waals surface area contributed by atoms with Gasteiger partial charge in [-0.25, -0.2) is 0 Å². The van der Waals surface area contributed by atoms with Crippen LogP contribution in [0.2, 0.25) is 0 Å². The number of Topliss-reactive ketones (excluding diaryl/α,β-unsaturated/α-hetero) is 1. The molecule has 0 spiro atoms. The Hall–Kier alpha value is -3.38. The van der Waals surface area contributed by atoms with Crippen molar-refractivity contribution in [2.45, 2.75) is 46.6 Å². The SMILES string of the molecule is COc1cc(C)c(/C(O)=C2\C(=O)C(=O)N(c3cccc(C)c3)C2c2sccc2C)cc1C(C)C. The van der Waals surface area contributed by atoms with E-state index in [2.05, 4.69) is 0 Å². The fourth-order valence-corrected chi connectivity index (χ4v) is 5.54. The molecule has 1 aliphatic heterocycles. The standard InChI is InChI=1S/C28H29NO4S/c1-15(2)20-14-21(18(5)13-22(20)33-6)25(30)23-24(27-17(4)10-11-34-27)29(28(32)26(23)31)19-9-7-8-16(3)12-19/h7-15,24,30H,1-6H3/b25-23+. The van der Waals surface area contributed by atoms with E-state index in [-0.39, 0.29) is 17.3 Å². The van der Waals surface area contributed by atoms with E-state index in [4.69, 9.17) is 4.74 Å². The van der Waals surface area contributed by atoms with Gasteiger partial charge in [-0.05, 0) is 84.7 Å². The van der Waals surface area contributed by atoms with Gasteiger partial charge in [-0.15, -0.1) is 11.3 Å². The average molecular weight is 476 g/mol. The lowest BCUT2D eigenvalue weighted by atomic mass is 9.92. The molecular formula is C28H29NO4S. The summed E-state index contributed by atoms with van der Waals surface area (Å²) in [5.41, 5.74) is 4.91. The molecule has 1 aromatic heterocycles. The molecule has 1 N–H and O–H groups in total. The van der Waals surface area contributed by atoms with Gasteiger partial charge in [0.1, 0.15) is 17.6 Å². The molecule has 4 rings (SSSR count). The van der Waals surface area contributed by atoms with Crippen molar-refractivity contribution in [2.75, 3.05) is 12.0 Å². The second kappa shape index (κ2) is 9.11. The summed E-state index contributed by atoms with van der Waals surface area (Å²) in [6.07, 6.45) is 0. The molecule has 1 unspecified atom stereocenters. The highest BCUT2D eigenvalue weighted by Gasteiger charge is 2.48. The Morgan fingerprint density at radius 2 is 1.79 bits per heavy atom. The van der Waals surface area contributed by atoms with Gasteiger partial charge >= 0.3 is 0 Å². The van der Waals surface area contributed by atoms with Gasteiger partial charge in [-0.3, -0.25) is 14.5 Å². The second-order valence-corrected chi connectivity index (χ2v) is 9.99. The summed E-state index contributed by atoms with van der Waals surface area (Å²) >= 11 is 1.48. The number of hydrogen-bond donors (Lipinski definition) is 1. The summed E-state index contributed by atoms with van der Waals surface area (Å²) in [6.45, 7) is 9.85. The maximum Gasteiger partial charge on any atom is 0.300 e. The largest absolute Gasteiger partial charge is 0.507 e. The van der Waals surface area contributed by atoms with E-state index in [1.807, 2.05) is 82.5 Å². The summed E-state index contributed by atoms with van der Waals surface area (Å²) in [6, 6.07) is 12.5. The maximum atomic E-state index is 13.4. The van der Waals surface area contributed by atoms with Gasteiger partial charge in [0.2, 0.25) is 0 Å². The summed E-state index contributed by atoms with van der Waals surface area (Å²) in [4.78, 5) is 29.2. The number of carbonyl (C=O) groups excluding carboxylic acids is 2. The first kappa shape index (κ1) is 23.8. The van der Waals surface area contributed by atoms with Crippen LogP contribution < -0.4 is 9.64 Å². The zero-order chi connectivity index (χ0) is 24.7. The third-order valence-electron chi connectivity index (χ3n) is 6.33. The number of hydrogen-bond acceptors (Lipinski definition) is 5. The van der Waals surface area contributed by atoms with Crippen molar-refractivity contribution in [3.05, 3.63) is 86.1 Å². The zero-order valence-corrected chi connectivity index (χ0v) is 21.1. The van der Waals surface area contributed by atoms with Crippen molar-refractivity contribution in [3.63, 3.8) is 0 Å². The smallest absolute Gasteiger partial charge is 0.300 e. The number of amides is 1. The number of aryl methyl sites for hydroxylation is 3. The van der Waals surface area contributed by atoms with Gasteiger partial charge in [0.05, 0.1) is 12.7 Å². The van der Waals surface area contributed by atoms with Crippen LogP contribution in [-0.2, 0) is 9.59 Å². The first-order valence-electron chi connectivity index (χ1n) is 11.3. The third kappa shape index (κ3) is 3.92. The van der Waals surface area contributed by atoms with Crippen molar-refractivity contribution < 1.29 is 19.4 Å². The summed E-state index contributed by atoms with van der Waals surface area (Å²) in [7, 11) is 1.62. The fourth-order valence-electron chi connectivity index (χ4n) is 4.52. The highest BCUT2D eigenvalue weighted by molar-refractivity contribution is 7.10. The number of ether oxygens (including phenoxy) is 1. The van der Waals surface area contributed by atoms with Crippen LogP contribution in [-0.4, -0.2) is 23.9 Å². The van der Waals surface area contributed by atoms with Crippen LogP contribution in [0.3, 0.4) is 0 Å². The van der Waals surface area contributed by atoms with Gasteiger partial charge in [-0.1, -0.05) is 26.0 Å². The van der Waals surface area contributed by atoms with Crippen molar-refractivity contribution >= 4 is 34.5 Å². The lowest BCUT2D eigenvalue weighted by molar-refractivity contribution is -0.132. The Kier molecular flexibility index (Phi) is 6.36. The van der Waals surface area contributed by atoms with Gasteiger partial charge in [0.25, 0.3) is 11.7 Å². The first-order chi connectivity index (χ1) is 16.1. The molecule has 1 saturated heterocycles. The molecule has 1 aliphatic rings. The lowest BCUT2D eigenvalue weighted by Crippen LogP contribution is -2.29. The van der Waals surface area contributed by atoms with Gasteiger partial charge in [0, 0.05) is 16.1 Å². The van der Waals surface area contributed by atoms with Gasteiger partial charge < -0.3 is 9.84 Å². The van der Waals surface area contributed by atoms with Gasteiger partial charge in [-0.2, -0.15) is 0 Å². The highest BCUT2D eigenvalue weighted by Crippen LogP contribution is 2.45. The van der Waals surface area contributed by atoms with E-state index in [0.717, 1.165) is 32.9 Å². The number of carbonyl (C=O) groups is 2. The maximum absolute atomic E-state index is 13.4. The van der Waals surface area contributed by atoms with Crippen molar-refractivity contribution in [2.24, 2.45) is 0 Å². The molecule has 0 radical (unpaired) electrons. The van der Waals surface area contributed by atoms with Crippen LogP contribution in [0.1, 0.15) is 58.5 Å². The molecule has 176 valence electrons. The minimum Gasteiger partial charge on any atom is -0.507 e. The quantitative estimate of drug-likeness (QED) is 0.262. The minimum atomic E-state index is -0.703. The number of ketones is 1. The molecule has 34 heavy (non-hydrogen) atoms. The number of nitrogens with zero attached hydrogens (tertiary/aromatic N) is 1. The van der Waals surface area contributed by atoms with Crippen LogP contribution in [0.15, 0.2) is 53.4 Å². The van der Waals surface area contributed by atoms with E-state index < -0.39 is 17.7 Å². The summed E-state index contributed by atoms with van der Waals surface area (Å²) in [5.74, 6) is -0.603. The normalized spacial score (nSPS) is 17.6. The number of aliphatic hydroxyl groups is 1. The monoisotopic (exact) mass is 475 g/mol. The third-order valence-corrected chi connectivity index (χ3v) is 7.40. The van der Waals surface area contributed by atoms with Crippen LogP contribution in [0.5, 0.6) is 5.75 Å². The predicted octanol–water partition coefficient (Wildman–Crippen LogP) is 6.43. The number of thiophene rings is 1. The van der Waals surface area contributed by atoms with Crippen molar-refractivity contribution in [3.8, 4) is 5.75 Å². The Balaban J connectivity index is 1.99. The number of benzene rings is 2. The van der Waals surface area contributed by atoms with E-state index in [0.29, 0.717) is 11.3 Å². The molecule has 0 saturated carbocycles.